The molecule has 62 valence electrons. The van der Waals surface area contributed by atoms with Gasteiger partial charge in [-0.15, -0.1) is 0 Å². The molecule has 0 aliphatic heterocycles. The van der Waals surface area contributed by atoms with E-state index < -0.39 is 10.4 Å². The molecule has 0 rings (SSSR count). The van der Waals surface area contributed by atoms with E-state index >= 15 is 0 Å². The fourth-order valence-corrected chi connectivity index (χ4v) is 0. The van der Waals surface area contributed by atoms with Gasteiger partial charge in [0, 0.05) is 17.4 Å². The molecule has 0 aromatic heterocycles. The molecule has 9 heavy (non-hydrogen) atoms. The minimum Gasteiger partial charge on any atom is -0.412 e. The van der Waals surface area contributed by atoms with E-state index in [-0.39, 0.29) is 33.8 Å². The van der Waals surface area contributed by atoms with E-state index in [1.165, 1.54) is 0 Å². The monoisotopic (exact) mass is 204 g/mol. The van der Waals surface area contributed by atoms with Crippen LogP contribution in [0.3, 0.4) is 0 Å². The molecule has 7 nitrogen and oxygen atoms in total. The smallest absolute Gasteiger partial charge is 0.394 e. The number of hydrogen-bond acceptors (Lipinski definition) is 2. The molecule has 0 fully saturated rings. The van der Waals surface area contributed by atoms with Gasteiger partial charge in [-0.1, -0.05) is 0 Å². The van der Waals surface area contributed by atoms with Crippen LogP contribution in [-0.2, 0) is 27.8 Å². The van der Waals surface area contributed by atoms with Gasteiger partial charge in [0.1, 0.15) is 0 Å². The van der Waals surface area contributed by atoms with Gasteiger partial charge in [0.2, 0.25) is 0 Å². The first-order valence-corrected chi connectivity index (χ1v) is 2.10. The molecule has 0 bridgehead atoms. The third-order valence-corrected chi connectivity index (χ3v) is 0. The first kappa shape index (κ1) is 34.7. The second kappa shape index (κ2) is 11.1. The maximum absolute atomic E-state index is 8.74. The van der Waals surface area contributed by atoms with Gasteiger partial charge in [0.15, 0.2) is 0 Å². The zero-order chi connectivity index (χ0) is 4.50. The molecule has 0 aliphatic carbocycles. The molecule has 0 atom stereocenters. The van der Waals surface area contributed by atoms with Crippen molar-refractivity contribution in [3.8, 4) is 0 Å². The molecule has 9 heteroatoms. The van der Waals surface area contributed by atoms with Gasteiger partial charge in [-0.3, -0.25) is 9.11 Å². The maximum atomic E-state index is 8.74. The van der Waals surface area contributed by atoms with Crippen LogP contribution in [0.1, 0.15) is 0 Å². The van der Waals surface area contributed by atoms with Crippen molar-refractivity contribution in [2.24, 2.45) is 0 Å². The zero-order valence-corrected chi connectivity index (χ0v) is 6.12. The van der Waals surface area contributed by atoms with Crippen molar-refractivity contribution in [2.75, 3.05) is 0 Å². The summed E-state index contributed by atoms with van der Waals surface area (Å²) in [4.78, 5) is 0. The fourth-order valence-electron chi connectivity index (χ4n) is 0. The van der Waals surface area contributed by atoms with Crippen LogP contribution in [0.15, 0.2) is 0 Å². The Morgan fingerprint density at radius 2 is 0.889 bits per heavy atom. The van der Waals surface area contributed by atoms with E-state index in [1.807, 2.05) is 0 Å². The molecule has 0 unspecified atom stereocenters. The Bertz CT molecular complexity index is 92.1. The van der Waals surface area contributed by atoms with Crippen LogP contribution in [0.2, 0.25) is 0 Å². The van der Waals surface area contributed by atoms with Crippen molar-refractivity contribution in [3.05, 3.63) is 0 Å². The van der Waals surface area contributed by atoms with Gasteiger partial charge in [-0.25, -0.2) is 0 Å². The number of hydrogen-bond donors (Lipinski definition) is 2. The van der Waals surface area contributed by atoms with Crippen LogP contribution in [0.4, 0.5) is 0 Å². The van der Waals surface area contributed by atoms with Gasteiger partial charge in [0.25, 0.3) is 0 Å². The normalized spacial score (nSPS) is 6.44. The van der Waals surface area contributed by atoms with Crippen molar-refractivity contribution in [2.45, 2.75) is 0 Å². The van der Waals surface area contributed by atoms with Gasteiger partial charge >= 0.3 is 10.4 Å². The van der Waals surface area contributed by atoms with Crippen LogP contribution in [0, 0.1) is 0 Å². The van der Waals surface area contributed by atoms with Gasteiger partial charge in [-0.05, 0) is 0 Å². The average molecular weight is 204 g/mol. The Morgan fingerprint density at radius 1 is 0.889 bits per heavy atom. The molecule has 0 amide bonds. The maximum Gasteiger partial charge on any atom is 0.394 e. The van der Waals surface area contributed by atoms with E-state index in [1.54, 1.807) is 0 Å². The summed E-state index contributed by atoms with van der Waals surface area (Å²) in [7, 11) is -4.67. The quantitative estimate of drug-likeness (QED) is 0.397. The summed E-state index contributed by atoms with van der Waals surface area (Å²) in [5.74, 6) is 0. The topological polar surface area (TPSA) is 169 Å². The third kappa shape index (κ3) is 4100. The van der Waals surface area contributed by atoms with E-state index in [0.717, 1.165) is 0 Å². The largest absolute Gasteiger partial charge is 0.412 e. The molecular weight excluding hydrogens is 196 g/mol. The Balaban J connectivity index is -0.0000000133. The van der Waals surface area contributed by atoms with Crippen LogP contribution in [0.25, 0.3) is 0 Å². The minimum absolute atomic E-state index is 0. The van der Waals surface area contributed by atoms with E-state index in [4.69, 9.17) is 17.5 Å². The molecule has 0 heterocycles. The van der Waals surface area contributed by atoms with E-state index in [0.29, 0.717) is 0 Å². The van der Waals surface area contributed by atoms with Crippen molar-refractivity contribution >= 4 is 10.4 Å². The first-order valence-electron chi connectivity index (χ1n) is 0.698. The van der Waals surface area contributed by atoms with Gasteiger partial charge in [-0.2, -0.15) is 8.42 Å². The number of rotatable bonds is 0. The summed E-state index contributed by atoms with van der Waals surface area (Å²) in [6, 6.07) is 0. The summed E-state index contributed by atoms with van der Waals surface area (Å²) < 4.78 is 31.6. The SMILES string of the molecule is O.O.O.O=S(=O)(O)O.[Cr]. The summed E-state index contributed by atoms with van der Waals surface area (Å²) in [6.45, 7) is 0. The molecular formula is H8CrO7S. The molecule has 0 saturated carbocycles. The summed E-state index contributed by atoms with van der Waals surface area (Å²) in [5.41, 5.74) is 0. The Kier molecular flexibility index (Phi) is 42.9. The van der Waals surface area contributed by atoms with Crippen molar-refractivity contribution in [3.63, 3.8) is 0 Å². The van der Waals surface area contributed by atoms with Crippen molar-refractivity contribution in [1.82, 2.24) is 0 Å². The zero-order valence-electron chi connectivity index (χ0n) is 4.03. The Labute approximate surface area is 62.3 Å². The average Bonchev–Trinajstić information content (AvgIpc) is 0.722. The van der Waals surface area contributed by atoms with Crippen LogP contribution in [0.5, 0.6) is 0 Å². The van der Waals surface area contributed by atoms with Crippen LogP contribution in [-0.4, -0.2) is 34.0 Å². The predicted octanol–water partition coefficient (Wildman–Crippen LogP) is -3.13. The van der Waals surface area contributed by atoms with Gasteiger partial charge < -0.3 is 16.4 Å². The molecule has 0 aromatic rings. The van der Waals surface area contributed by atoms with Crippen molar-refractivity contribution in [1.29, 1.82) is 0 Å². The molecule has 0 spiro atoms. The minimum atomic E-state index is -4.67. The van der Waals surface area contributed by atoms with Crippen molar-refractivity contribution < 1.29 is 51.3 Å². The van der Waals surface area contributed by atoms with Gasteiger partial charge in [0.05, 0.1) is 0 Å². The molecule has 0 aromatic carbocycles. The molecule has 0 radical (unpaired) electrons. The summed E-state index contributed by atoms with van der Waals surface area (Å²) in [5, 5.41) is 0. The predicted molar refractivity (Wildman–Crippen MR) is 25.0 cm³/mol. The summed E-state index contributed by atoms with van der Waals surface area (Å²) >= 11 is 0. The molecule has 0 aliphatic rings. The second-order valence-electron chi connectivity index (χ2n) is 0.448. The fraction of sp³-hybridized carbons (Fsp3) is 0. The van der Waals surface area contributed by atoms with E-state index in [9.17, 15) is 0 Å². The molecule has 8 N–H and O–H groups in total. The van der Waals surface area contributed by atoms with Crippen LogP contribution >= 0.6 is 0 Å². The van der Waals surface area contributed by atoms with Crippen LogP contribution < -0.4 is 0 Å². The summed E-state index contributed by atoms with van der Waals surface area (Å²) in [6.07, 6.45) is 0. The van der Waals surface area contributed by atoms with E-state index in [2.05, 4.69) is 0 Å². The standard InChI is InChI=1S/Cr.H2O4S.3H2O/c;1-5(2,3)4;;;/h;(H2,1,2,3,4);3*1H2. The molecule has 0 saturated heterocycles. The Hall–Kier alpha value is 0.282. The second-order valence-corrected chi connectivity index (χ2v) is 1.34. The third-order valence-electron chi connectivity index (χ3n) is 0. The Morgan fingerprint density at radius 3 is 0.889 bits per heavy atom. The first-order chi connectivity index (χ1) is 2.00.